The maximum Gasteiger partial charge on any atom is 0.344 e. The number of aliphatic carboxylic acids is 1. The molecule has 0 saturated heterocycles. The quantitative estimate of drug-likeness (QED) is 0.514. The molecule has 0 aromatic heterocycles. The lowest BCUT2D eigenvalue weighted by Gasteiger charge is -2.33. The average Bonchev–Trinajstić information content (AvgIpc) is 3.09. The van der Waals surface area contributed by atoms with Gasteiger partial charge in [-0.2, -0.15) is 0 Å². The summed E-state index contributed by atoms with van der Waals surface area (Å²) < 4.78 is 0. The Morgan fingerprint density at radius 2 is 1.94 bits per heavy atom. The molecule has 1 amide bonds. The van der Waals surface area contributed by atoms with Crippen molar-refractivity contribution in [2.45, 2.75) is 85.4 Å². The van der Waals surface area contributed by atoms with Crippen LogP contribution >= 0.6 is 11.8 Å². The highest BCUT2D eigenvalue weighted by Gasteiger charge is 2.37. The first-order valence-corrected chi connectivity index (χ1v) is 11.9. The summed E-state index contributed by atoms with van der Waals surface area (Å²) in [4.78, 5) is 27.9. The van der Waals surface area contributed by atoms with E-state index in [1.165, 1.54) is 11.8 Å². The zero-order valence-corrected chi connectivity index (χ0v) is 20.7. The van der Waals surface area contributed by atoms with Crippen molar-refractivity contribution in [3.63, 3.8) is 0 Å². The van der Waals surface area contributed by atoms with Gasteiger partial charge in [0.25, 0.3) is 5.91 Å². The lowest BCUT2D eigenvalue weighted by Crippen LogP contribution is -2.40. The molecule has 2 rings (SSSR count). The summed E-state index contributed by atoms with van der Waals surface area (Å²) in [7, 11) is 0. The van der Waals surface area contributed by atoms with Gasteiger partial charge in [-0.3, -0.25) is 4.79 Å². The van der Waals surface area contributed by atoms with Crippen molar-refractivity contribution >= 4 is 23.6 Å². The molecule has 4 nitrogen and oxygen atoms in total. The number of nitrogens with zero attached hydrogens (tertiary/aromatic N) is 1. The topological polar surface area (TPSA) is 57.6 Å². The van der Waals surface area contributed by atoms with Crippen LogP contribution in [0.1, 0.15) is 81.8 Å². The number of benzene rings is 1. The second kappa shape index (κ2) is 10.4. The maximum absolute atomic E-state index is 13.8. The van der Waals surface area contributed by atoms with E-state index in [2.05, 4.69) is 25.7 Å². The Morgan fingerprint density at radius 3 is 2.45 bits per heavy atom. The zero-order valence-electron chi connectivity index (χ0n) is 19.8. The minimum Gasteiger partial charge on any atom is -0.477 e. The molecule has 0 spiro atoms. The van der Waals surface area contributed by atoms with Crippen molar-refractivity contribution in [1.82, 2.24) is 4.90 Å². The predicted octanol–water partition coefficient (Wildman–Crippen LogP) is 6.18. The van der Waals surface area contributed by atoms with Gasteiger partial charge in [-0.15, -0.1) is 0 Å². The third-order valence-electron chi connectivity index (χ3n) is 5.28. The first-order chi connectivity index (χ1) is 14.5. The van der Waals surface area contributed by atoms with Gasteiger partial charge in [0.2, 0.25) is 0 Å². The molecular weight excluding hydrogens is 406 g/mol. The molecule has 168 valence electrons. The molecule has 2 atom stereocenters. The van der Waals surface area contributed by atoms with Crippen LogP contribution in [0.4, 0.5) is 0 Å². The Hall–Kier alpha value is -2.19. The number of aryl methyl sites for hydroxylation is 2. The summed E-state index contributed by atoms with van der Waals surface area (Å²) in [5.41, 5.74) is 3.09. The van der Waals surface area contributed by atoms with E-state index in [9.17, 15) is 14.7 Å². The van der Waals surface area contributed by atoms with E-state index in [0.717, 1.165) is 30.4 Å². The summed E-state index contributed by atoms with van der Waals surface area (Å²) in [6, 6.07) is 5.75. The van der Waals surface area contributed by atoms with Crippen LogP contribution in [0.3, 0.4) is 0 Å². The Labute approximate surface area is 191 Å². The van der Waals surface area contributed by atoms with Crippen LogP contribution < -0.4 is 0 Å². The van der Waals surface area contributed by atoms with Crippen LogP contribution in [-0.2, 0) is 4.79 Å². The van der Waals surface area contributed by atoms with Crippen molar-refractivity contribution in [3.05, 3.63) is 45.5 Å². The van der Waals surface area contributed by atoms with Gasteiger partial charge in [0.1, 0.15) is 4.91 Å². The largest absolute Gasteiger partial charge is 0.477 e. The van der Waals surface area contributed by atoms with Crippen molar-refractivity contribution in [2.75, 3.05) is 0 Å². The summed E-state index contributed by atoms with van der Waals surface area (Å²) in [6.45, 7) is 14.2. The number of carbonyl (C=O) groups is 2. The Kier molecular flexibility index (Phi) is 8.42. The van der Waals surface area contributed by atoms with Gasteiger partial charge in [0.05, 0.1) is 5.25 Å². The van der Waals surface area contributed by atoms with Gasteiger partial charge >= 0.3 is 5.97 Å². The molecule has 0 fully saturated rings. The van der Waals surface area contributed by atoms with E-state index in [4.69, 9.17) is 0 Å². The van der Waals surface area contributed by atoms with Gasteiger partial charge in [-0.1, -0.05) is 61.6 Å². The number of amides is 1. The van der Waals surface area contributed by atoms with Crippen LogP contribution in [0.15, 0.2) is 28.8 Å². The van der Waals surface area contributed by atoms with Gasteiger partial charge in [-0.25, -0.2) is 4.79 Å². The Bertz CT molecular complexity index is 930. The van der Waals surface area contributed by atoms with E-state index >= 15 is 0 Å². The van der Waals surface area contributed by atoms with E-state index < -0.39 is 5.97 Å². The number of allylic oxidation sites excluding steroid dienone is 1. The fourth-order valence-electron chi connectivity index (χ4n) is 3.82. The van der Waals surface area contributed by atoms with E-state index in [0.29, 0.717) is 17.7 Å². The Morgan fingerprint density at radius 1 is 1.26 bits per heavy atom. The highest BCUT2D eigenvalue weighted by atomic mass is 32.2. The summed E-state index contributed by atoms with van der Waals surface area (Å²) in [5, 5.41) is 9.78. The van der Waals surface area contributed by atoms with E-state index in [1.807, 2.05) is 52.8 Å². The molecule has 0 aliphatic carbocycles. The van der Waals surface area contributed by atoms with Gasteiger partial charge in [0.15, 0.2) is 0 Å². The fourth-order valence-corrected chi connectivity index (χ4v) is 4.88. The molecule has 0 saturated carbocycles. The monoisotopic (exact) mass is 441 g/mol. The number of hydrogen-bond acceptors (Lipinski definition) is 3. The van der Waals surface area contributed by atoms with Crippen LogP contribution in [-0.4, -0.2) is 33.2 Å². The Balaban J connectivity index is 2.55. The molecule has 1 aliphatic rings. The smallest absolute Gasteiger partial charge is 0.344 e. The normalized spacial score (nSPS) is 17.2. The molecule has 1 heterocycles. The number of hydrogen-bond donors (Lipinski definition) is 1. The van der Waals surface area contributed by atoms with Gasteiger partial charge in [0, 0.05) is 29.1 Å². The molecule has 1 aliphatic heterocycles. The van der Waals surface area contributed by atoms with Crippen molar-refractivity contribution in [3.8, 4) is 11.8 Å². The second-order valence-corrected chi connectivity index (χ2v) is 10.5. The predicted molar refractivity (Wildman–Crippen MR) is 129 cm³/mol. The lowest BCUT2D eigenvalue weighted by atomic mass is 9.97. The number of carboxylic acids is 1. The minimum absolute atomic E-state index is 0.0440. The van der Waals surface area contributed by atoms with Crippen molar-refractivity contribution in [1.29, 1.82) is 0 Å². The van der Waals surface area contributed by atoms with Gasteiger partial charge in [-0.05, 0) is 59.1 Å². The molecule has 1 aromatic carbocycles. The van der Waals surface area contributed by atoms with Crippen molar-refractivity contribution < 1.29 is 14.7 Å². The number of carbonyl (C=O) groups excluding carboxylic acids is 1. The van der Waals surface area contributed by atoms with Crippen LogP contribution in [0, 0.1) is 31.1 Å². The third kappa shape index (κ3) is 6.40. The highest BCUT2D eigenvalue weighted by molar-refractivity contribution is 8.05. The maximum atomic E-state index is 13.8. The molecule has 0 radical (unpaired) electrons. The zero-order chi connectivity index (χ0) is 23.3. The summed E-state index contributed by atoms with van der Waals surface area (Å²) in [6.07, 6.45) is 2.98. The molecule has 0 bridgehead atoms. The summed E-state index contributed by atoms with van der Waals surface area (Å²) in [5.74, 6) is 5.39. The molecule has 1 N–H and O–H groups in total. The van der Waals surface area contributed by atoms with E-state index in [-0.39, 0.29) is 27.5 Å². The minimum atomic E-state index is -0.982. The van der Waals surface area contributed by atoms with Crippen LogP contribution in [0.5, 0.6) is 0 Å². The molecule has 31 heavy (non-hydrogen) atoms. The second-order valence-electron chi connectivity index (χ2n) is 9.26. The SMILES string of the molecule is CCCC(CC)N(C(=O)c1ccc(C)cc1C)C1=C(C(=O)O)SC(C#CC(C)(C)C)C1. The summed E-state index contributed by atoms with van der Waals surface area (Å²) >= 11 is 1.27. The van der Waals surface area contributed by atoms with Gasteiger partial charge < -0.3 is 10.0 Å². The number of rotatable bonds is 7. The highest BCUT2D eigenvalue weighted by Crippen LogP contribution is 2.41. The van der Waals surface area contributed by atoms with Crippen molar-refractivity contribution in [2.24, 2.45) is 5.41 Å². The van der Waals surface area contributed by atoms with Crippen LogP contribution in [0.2, 0.25) is 0 Å². The lowest BCUT2D eigenvalue weighted by molar-refractivity contribution is -0.131. The van der Waals surface area contributed by atoms with Crippen LogP contribution in [0.25, 0.3) is 0 Å². The van der Waals surface area contributed by atoms with E-state index in [1.54, 1.807) is 4.90 Å². The first kappa shape index (κ1) is 25.1. The fraction of sp³-hybridized carbons (Fsp3) is 0.538. The molecule has 2 unspecified atom stereocenters. The average molecular weight is 442 g/mol. The number of carboxylic acid groups (broad SMARTS) is 1. The first-order valence-electron chi connectivity index (χ1n) is 11.0. The number of thioether (sulfide) groups is 1. The third-order valence-corrected chi connectivity index (χ3v) is 6.50. The standard InChI is InChI=1S/C26H35NO3S/c1-8-10-19(9-2)27(24(28)21-12-11-17(3)15-18(21)4)22-16-20(13-14-26(5,6)7)31-23(22)25(29)30/h11-12,15,19-20H,8-10,16H2,1-7H3,(H,29,30). The molecule has 5 heteroatoms. The molecule has 1 aromatic rings. The molecular formula is C26H35NO3S.